The highest BCUT2D eigenvalue weighted by atomic mass is 79.9. The molecule has 0 N–H and O–H groups in total. The van der Waals surface area contributed by atoms with Crippen LogP contribution < -0.4 is 4.90 Å². The highest BCUT2D eigenvalue weighted by molar-refractivity contribution is 9.14. The third-order valence-electron chi connectivity index (χ3n) is 3.96. The van der Waals surface area contributed by atoms with E-state index in [-0.39, 0.29) is 23.9 Å². The van der Waals surface area contributed by atoms with E-state index < -0.39 is 0 Å². The maximum absolute atomic E-state index is 12.1. The fourth-order valence-corrected chi connectivity index (χ4v) is 4.83. The quantitative estimate of drug-likeness (QED) is 0.548. The minimum Gasteiger partial charge on any atom is -0.324 e. The molecule has 2 aliphatic heterocycles. The zero-order valence-electron chi connectivity index (χ0n) is 10.8. The van der Waals surface area contributed by atoms with Crippen LogP contribution in [0.2, 0.25) is 0 Å². The van der Waals surface area contributed by atoms with Crippen molar-refractivity contribution in [1.82, 2.24) is 4.90 Å². The number of benzene rings is 1. The Balaban J connectivity index is 2.27. The molecule has 0 aliphatic carbocycles. The predicted molar refractivity (Wildman–Crippen MR) is 86.6 cm³/mol. The number of hydrogen-bond donors (Lipinski definition) is 0. The fraction of sp³-hybridized carbons (Fsp3) is 0.385. The number of halogens is 3. The van der Waals surface area contributed by atoms with Gasteiger partial charge in [0.1, 0.15) is 6.17 Å². The molecule has 1 aromatic carbocycles. The topological polar surface area (TPSA) is 40.6 Å². The van der Waals surface area contributed by atoms with Crippen molar-refractivity contribution in [3.05, 3.63) is 25.0 Å². The summed E-state index contributed by atoms with van der Waals surface area (Å²) in [5.41, 5.74) is 1.90. The van der Waals surface area contributed by atoms with E-state index in [0.717, 1.165) is 24.7 Å². The van der Waals surface area contributed by atoms with E-state index >= 15 is 0 Å². The number of amides is 2. The molecule has 2 heterocycles. The summed E-state index contributed by atoms with van der Waals surface area (Å²) in [7, 11) is 1.76. The van der Waals surface area contributed by atoms with Crippen LogP contribution in [-0.2, 0) is 9.59 Å². The average molecular weight is 467 g/mol. The van der Waals surface area contributed by atoms with Crippen molar-refractivity contribution in [2.24, 2.45) is 0 Å². The molecule has 1 aromatic rings. The Morgan fingerprint density at radius 2 is 1.95 bits per heavy atom. The van der Waals surface area contributed by atoms with Gasteiger partial charge in [0.25, 0.3) is 0 Å². The summed E-state index contributed by atoms with van der Waals surface area (Å²) < 4.78 is 2.69. The van der Waals surface area contributed by atoms with Crippen LogP contribution in [0.25, 0.3) is 0 Å². The van der Waals surface area contributed by atoms with Crippen LogP contribution >= 0.6 is 47.8 Å². The second-order valence-electron chi connectivity index (χ2n) is 5.04. The lowest BCUT2D eigenvalue weighted by molar-refractivity contribution is -0.128. The van der Waals surface area contributed by atoms with Crippen molar-refractivity contribution in [3.8, 4) is 0 Å². The Bertz CT molecular complexity index is 647. The molecule has 7 heteroatoms. The van der Waals surface area contributed by atoms with Crippen LogP contribution in [0.3, 0.4) is 0 Å². The van der Waals surface area contributed by atoms with Gasteiger partial charge < -0.3 is 4.90 Å². The van der Waals surface area contributed by atoms with Crippen LogP contribution in [0.15, 0.2) is 19.5 Å². The zero-order chi connectivity index (χ0) is 14.8. The van der Waals surface area contributed by atoms with Crippen molar-refractivity contribution < 1.29 is 9.59 Å². The Labute approximate surface area is 141 Å². The van der Waals surface area contributed by atoms with Crippen molar-refractivity contribution in [1.29, 1.82) is 0 Å². The highest BCUT2D eigenvalue weighted by Crippen LogP contribution is 2.53. The number of likely N-dealkylation sites (tertiary alicyclic amines) is 1. The molecule has 0 aromatic heterocycles. The van der Waals surface area contributed by atoms with Gasteiger partial charge in [0, 0.05) is 39.7 Å². The van der Waals surface area contributed by atoms with Crippen LogP contribution in [0.1, 0.15) is 24.8 Å². The predicted octanol–water partition coefficient (Wildman–Crippen LogP) is 3.61. The number of hydrogen-bond acceptors (Lipinski definition) is 2. The van der Waals surface area contributed by atoms with Gasteiger partial charge in [0.15, 0.2) is 0 Å². The van der Waals surface area contributed by atoms with Gasteiger partial charge in [-0.2, -0.15) is 0 Å². The Morgan fingerprint density at radius 1 is 1.30 bits per heavy atom. The number of nitrogens with zero attached hydrogens (tertiary/aromatic N) is 2. The molecule has 0 saturated carbocycles. The monoisotopic (exact) mass is 464 g/mol. The summed E-state index contributed by atoms with van der Waals surface area (Å²) in [4.78, 5) is 27.4. The van der Waals surface area contributed by atoms with Crippen molar-refractivity contribution >= 4 is 65.3 Å². The van der Waals surface area contributed by atoms with Crippen LogP contribution in [0.5, 0.6) is 0 Å². The minimum atomic E-state index is -0.215. The van der Waals surface area contributed by atoms with E-state index in [1.54, 1.807) is 16.8 Å². The number of anilines is 1. The van der Waals surface area contributed by atoms with E-state index in [0.29, 0.717) is 6.42 Å². The van der Waals surface area contributed by atoms with E-state index in [1.165, 1.54) is 6.92 Å². The number of rotatable bonds is 0. The molecular formula is C13H11Br3N2O2. The van der Waals surface area contributed by atoms with Gasteiger partial charge in [-0.1, -0.05) is 0 Å². The standard InChI is InChI=1S/C13H11Br3N2O2/c1-5(19)18-8-4-7(14)11(15)12(16)10(8)6-3-9(20)17(2)13(6)18/h4,6,13H,3H2,1-2H3. The molecule has 0 bridgehead atoms. The van der Waals surface area contributed by atoms with Gasteiger partial charge in [-0.25, -0.2) is 0 Å². The number of carbonyl (C=O) groups excluding carboxylic acids is 2. The van der Waals surface area contributed by atoms with E-state index in [1.807, 2.05) is 6.07 Å². The van der Waals surface area contributed by atoms with Crippen molar-refractivity contribution in [2.45, 2.75) is 25.4 Å². The molecule has 1 fully saturated rings. The lowest BCUT2D eigenvalue weighted by atomic mass is 9.98. The minimum absolute atomic E-state index is 0.0187. The first-order chi connectivity index (χ1) is 9.34. The molecule has 3 rings (SSSR count). The van der Waals surface area contributed by atoms with E-state index in [4.69, 9.17) is 0 Å². The molecule has 20 heavy (non-hydrogen) atoms. The molecule has 1 saturated heterocycles. The smallest absolute Gasteiger partial charge is 0.225 e. The van der Waals surface area contributed by atoms with Crippen LogP contribution in [0.4, 0.5) is 5.69 Å². The zero-order valence-corrected chi connectivity index (χ0v) is 15.5. The number of fused-ring (bicyclic) bond motifs is 3. The van der Waals surface area contributed by atoms with Gasteiger partial charge in [-0.15, -0.1) is 0 Å². The molecule has 2 amide bonds. The first-order valence-corrected chi connectivity index (χ1v) is 8.45. The molecular weight excluding hydrogens is 456 g/mol. The Hall–Kier alpha value is -0.400. The summed E-state index contributed by atoms with van der Waals surface area (Å²) >= 11 is 10.6. The number of carbonyl (C=O) groups is 2. The average Bonchev–Trinajstić information content (AvgIpc) is 2.82. The molecule has 0 spiro atoms. The third-order valence-corrected chi connectivity index (χ3v) is 7.29. The van der Waals surface area contributed by atoms with Gasteiger partial charge in [-0.05, 0) is 59.4 Å². The highest BCUT2D eigenvalue weighted by Gasteiger charge is 2.51. The Kier molecular flexibility index (Phi) is 3.50. The first-order valence-electron chi connectivity index (χ1n) is 6.07. The van der Waals surface area contributed by atoms with Crippen LogP contribution in [-0.4, -0.2) is 29.9 Å². The van der Waals surface area contributed by atoms with Crippen molar-refractivity contribution in [2.75, 3.05) is 11.9 Å². The molecule has 2 aliphatic rings. The van der Waals surface area contributed by atoms with Gasteiger partial charge in [0.05, 0.1) is 5.69 Å². The van der Waals surface area contributed by atoms with Gasteiger partial charge >= 0.3 is 0 Å². The summed E-state index contributed by atoms with van der Waals surface area (Å²) in [5, 5.41) is 0. The molecule has 2 unspecified atom stereocenters. The molecule has 2 atom stereocenters. The largest absolute Gasteiger partial charge is 0.324 e. The number of likely N-dealkylation sites (N-methyl/N-ethyl adjacent to an activating group) is 1. The molecule has 106 valence electrons. The second kappa shape index (κ2) is 4.81. The van der Waals surface area contributed by atoms with Crippen LogP contribution in [0, 0.1) is 0 Å². The maximum atomic E-state index is 12.1. The van der Waals surface area contributed by atoms with E-state index in [2.05, 4.69) is 47.8 Å². The third kappa shape index (κ3) is 1.82. The normalized spacial score (nSPS) is 24.1. The SMILES string of the molecule is CC(=O)N1c2cc(Br)c(Br)c(Br)c2C2CC(=O)N(C)C21. The lowest BCUT2D eigenvalue weighted by Gasteiger charge is -2.29. The summed E-state index contributed by atoms with van der Waals surface area (Å²) in [6.45, 7) is 1.53. The Morgan fingerprint density at radius 3 is 2.55 bits per heavy atom. The summed E-state index contributed by atoms with van der Waals surface area (Å²) in [6, 6.07) is 1.93. The van der Waals surface area contributed by atoms with Crippen molar-refractivity contribution in [3.63, 3.8) is 0 Å². The van der Waals surface area contributed by atoms with Gasteiger partial charge in [0.2, 0.25) is 11.8 Å². The van der Waals surface area contributed by atoms with Gasteiger partial charge in [-0.3, -0.25) is 14.5 Å². The fourth-order valence-electron chi connectivity index (χ4n) is 3.11. The maximum Gasteiger partial charge on any atom is 0.225 e. The summed E-state index contributed by atoms with van der Waals surface area (Å²) in [6.07, 6.45) is 0.220. The summed E-state index contributed by atoms with van der Waals surface area (Å²) in [5.74, 6) is 0.0365. The molecule has 4 nitrogen and oxygen atoms in total. The molecule has 0 radical (unpaired) electrons. The van der Waals surface area contributed by atoms with E-state index in [9.17, 15) is 9.59 Å². The lowest BCUT2D eigenvalue weighted by Crippen LogP contribution is -2.45. The first kappa shape index (κ1) is 14.5. The second-order valence-corrected chi connectivity index (χ2v) is 7.48.